The van der Waals surface area contributed by atoms with Gasteiger partial charge in [0.1, 0.15) is 25.0 Å². The monoisotopic (exact) mass is 309 g/mol. The van der Waals surface area contributed by atoms with Crippen LogP contribution in [-0.4, -0.2) is 58.8 Å². The summed E-state index contributed by atoms with van der Waals surface area (Å²) in [5, 5.41) is 32.1. The average molecular weight is 309 g/mol. The first-order valence-corrected chi connectivity index (χ1v) is 7.26. The van der Waals surface area contributed by atoms with Crippen LogP contribution >= 0.6 is 0 Å². The molecule has 0 amide bonds. The standard InChI is InChI=1S/C14H22F3NO3/c15-6-9-5-10(12(20)13(21)11(9)19)18-7-8-1-3-14(16,17)4-2-8/h5,8,10-13,18-21H,1-4,6-7H2/t10-,11+,12+,13+/m1/s1. The van der Waals surface area contributed by atoms with Gasteiger partial charge in [0, 0.05) is 12.8 Å². The van der Waals surface area contributed by atoms with Crippen molar-refractivity contribution >= 4 is 0 Å². The third kappa shape index (κ3) is 3.97. The van der Waals surface area contributed by atoms with Crippen molar-refractivity contribution in [1.82, 2.24) is 5.32 Å². The summed E-state index contributed by atoms with van der Waals surface area (Å²) in [4.78, 5) is 0. The van der Waals surface area contributed by atoms with E-state index >= 15 is 0 Å². The van der Waals surface area contributed by atoms with E-state index in [4.69, 9.17) is 0 Å². The number of nitrogens with one attached hydrogen (secondary N) is 1. The molecule has 0 heterocycles. The topological polar surface area (TPSA) is 72.7 Å². The summed E-state index contributed by atoms with van der Waals surface area (Å²) in [5.41, 5.74) is 0.0282. The number of alkyl halides is 3. The Morgan fingerprint density at radius 3 is 2.33 bits per heavy atom. The summed E-state index contributed by atoms with van der Waals surface area (Å²) in [6, 6.07) is -0.684. The zero-order valence-corrected chi connectivity index (χ0v) is 11.7. The first-order valence-electron chi connectivity index (χ1n) is 7.26. The lowest BCUT2D eigenvalue weighted by Gasteiger charge is -2.36. The summed E-state index contributed by atoms with van der Waals surface area (Å²) in [6.07, 6.45) is -2.22. The molecular formula is C14H22F3NO3. The van der Waals surface area contributed by atoms with Crippen LogP contribution in [0.3, 0.4) is 0 Å². The molecule has 4 atom stereocenters. The highest BCUT2D eigenvalue weighted by molar-refractivity contribution is 5.21. The van der Waals surface area contributed by atoms with Crippen molar-refractivity contribution < 1.29 is 28.5 Å². The molecule has 2 rings (SSSR count). The number of hydrogen-bond acceptors (Lipinski definition) is 4. The molecule has 1 saturated carbocycles. The Morgan fingerprint density at radius 2 is 1.76 bits per heavy atom. The summed E-state index contributed by atoms with van der Waals surface area (Å²) in [7, 11) is 0. The zero-order chi connectivity index (χ0) is 15.6. The molecule has 0 bridgehead atoms. The van der Waals surface area contributed by atoms with E-state index in [1.165, 1.54) is 6.08 Å². The largest absolute Gasteiger partial charge is 0.388 e. The summed E-state index contributed by atoms with van der Waals surface area (Å²) in [6.45, 7) is -0.491. The van der Waals surface area contributed by atoms with E-state index in [-0.39, 0.29) is 24.3 Å². The minimum atomic E-state index is -2.58. The van der Waals surface area contributed by atoms with Crippen molar-refractivity contribution in [3.8, 4) is 0 Å². The second-order valence-corrected chi connectivity index (χ2v) is 6.03. The van der Waals surface area contributed by atoms with E-state index in [0.29, 0.717) is 19.4 Å². The Hall–Kier alpha value is -0.630. The first-order chi connectivity index (χ1) is 9.84. The minimum Gasteiger partial charge on any atom is -0.388 e. The molecule has 0 aromatic rings. The average Bonchev–Trinajstić information content (AvgIpc) is 2.45. The zero-order valence-electron chi connectivity index (χ0n) is 11.7. The van der Waals surface area contributed by atoms with E-state index < -0.39 is 37.0 Å². The third-order valence-electron chi connectivity index (χ3n) is 4.45. The molecular weight excluding hydrogens is 287 g/mol. The Morgan fingerprint density at radius 1 is 1.14 bits per heavy atom. The van der Waals surface area contributed by atoms with Crippen molar-refractivity contribution in [2.45, 2.75) is 56.0 Å². The fraction of sp³-hybridized carbons (Fsp3) is 0.857. The highest BCUT2D eigenvalue weighted by Crippen LogP contribution is 2.36. The molecule has 0 aliphatic heterocycles. The smallest absolute Gasteiger partial charge is 0.248 e. The lowest BCUT2D eigenvalue weighted by Crippen LogP contribution is -2.54. The predicted octanol–water partition coefficient (Wildman–Crippen LogP) is 0.762. The highest BCUT2D eigenvalue weighted by atomic mass is 19.3. The van der Waals surface area contributed by atoms with Crippen LogP contribution in [0, 0.1) is 5.92 Å². The van der Waals surface area contributed by atoms with Gasteiger partial charge in [-0.2, -0.15) is 0 Å². The molecule has 0 unspecified atom stereocenters. The van der Waals surface area contributed by atoms with Crippen molar-refractivity contribution in [2.24, 2.45) is 5.92 Å². The second kappa shape index (κ2) is 6.64. The number of aliphatic hydroxyl groups is 3. The molecule has 0 saturated heterocycles. The van der Waals surface area contributed by atoms with Crippen LogP contribution in [0.25, 0.3) is 0 Å². The molecule has 2 aliphatic carbocycles. The quantitative estimate of drug-likeness (QED) is 0.579. The molecule has 7 heteroatoms. The van der Waals surface area contributed by atoms with Gasteiger partial charge in [-0.25, -0.2) is 13.2 Å². The van der Waals surface area contributed by atoms with Gasteiger partial charge >= 0.3 is 0 Å². The maximum absolute atomic E-state index is 13.1. The fourth-order valence-electron chi connectivity index (χ4n) is 2.96. The van der Waals surface area contributed by atoms with Gasteiger partial charge in [-0.15, -0.1) is 0 Å². The Labute approximate surface area is 121 Å². The van der Waals surface area contributed by atoms with Crippen LogP contribution in [-0.2, 0) is 0 Å². The molecule has 2 aliphatic rings. The molecule has 0 spiro atoms. The van der Waals surface area contributed by atoms with Crippen molar-refractivity contribution in [1.29, 1.82) is 0 Å². The first kappa shape index (κ1) is 16.7. The molecule has 0 aromatic carbocycles. The van der Waals surface area contributed by atoms with Crippen LogP contribution in [0.5, 0.6) is 0 Å². The SMILES string of the molecule is O[C@@H]1[C@@H](O)[C@@H](O)C(CF)=C[C@H]1NCC1CCC(F)(F)CC1. The predicted molar refractivity (Wildman–Crippen MR) is 70.8 cm³/mol. The summed E-state index contributed by atoms with van der Waals surface area (Å²) >= 11 is 0. The van der Waals surface area contributed by atoms with E-state index in [0.717, 1.165) is 0 Å². The molecule has 4 N–H and O–H groups in total. The molecule has 21 heavy (non-hydrogen) atoms. The van der Waals surface area contributed by atoms with Gasteiger partial charge in [0.15, 0.2) is 0 Å². The maximum Gasteiger partial charge on any atom is 0.248 e. The van der Waals surface area contributed by atoms with Gasteiger partial charge in [0.25, 0.3) is 0 Å². The lowest BCUT2D eigenvalue weighted by molar-refractivity contribution is -0.0653. The van der Waals surface area contributed by atoms with Crippen molar-refractivity contribution in [2.75, 3.05) is 13.2 Å². The van der Waals surface area contributed by atoms with Crippen molar-refractivity contribution in [3.63, 3.8) is 0 Å². The number of rotatable bonds is 4. The van der Waals surface area contributed by atoms with Crippen LogP contribution < -0.4 is 5.32 Å². The van der Waals surface area contributed by atoms with Crippen LogP contribution in [0.2, 0.25) is 0 Å². The van der Waals surface area contributed by atoms with Gasteiger partial charge in [-0.1, -0.05) is 6.08 Å². The van der Waals surface area contributed by atoms with Crippen molar-refractivity contribution in [3.05, 3.63) is 11.6 Å². The molecule has 122 valence electrons. The van der Waals surface area contributed by atoms with E-state index in [1.807, 2.05) is 0 Å². The lowest BCUT2D eigenvalue weighted by atomic mass is 9.85. The van der Waals surface area contributed by atoms with Gasteiger partial charge < -0.3 is 20.6 Å². The fourth-order valence-corrected chi connectivity index (χ4v) is 2.96. The van der Waals surface area contributed by atoms with E-state index in [2.05, 4.69) is 5.32 Å². The summed E-state index contributed by atoms with van der Waals surface area (Å²) < 4.78 is 38.9. The maximum atomic E-state index is 13.1. The number of aliphatic hydroxyl groups excluding tert-OH is 3. The molecule has 4 nitrogen and oxygen atoms in total. The Bertz CT molecular complexity index is 382. The van der Waals surface area contributed by atoms with Gasteiger partial charge in [0.05, 0.1) is 6.04 Å². The van der Waals surface area contributed by atoms with Crippen LogP contribution in [0.4, 0.5) is 13.2 Å². The van der Waals surface area contributed by atoms with E-state index in [9.17, 15) is 28.5 Å². The van der Waals surface area contributed by atoms with Gasteiger partial charge in [-0.3, -0.25) is 0 Å². The van der Waals surface area contributed by atoms with Crippen LogP contribution in [0.15, 0.2) is 11.6 Å². The normalized spacial score (nSPS) is 37.3. The summed E-state index contributed by atoms with van der Waals surface area (Å²) in [5.74, 6) is -2.51. The highest BCUT2D eigenvalue weighted by Gasteiger charge is 2.38. The third-order valence-corrected chi connectivity index (χ3v) is 4.45. The van der Waals surface area contributed by atoms with Gasteiger partial charge in [0.2, 0.25) is 5.92 Å². The number of hydrogen-bond donors (Lipinski definition) is 4. The second-order valence-electron chi connectivity index (χ2n) is 6.03. The Kier molecular flexibility index (Phi) is 5.29. The molecule has 0 radical (unpaired) electrons. The van der Waals surface area contributed by atoms with Crippen LogP contribution in [0.1, 0.15) is 25.7 Å². The number of halogens is 3. The molecule has 0 aromatic heterocycles. The Balaban J connectivity index is 1.89. The molecule has 1 fully saturated rings. The van der Waals surface area contributed by atoms with E-state index in [1.54, 1.807) is 0 Å². The van der Waals surface area contributed by atoms with Gasteiger partial charge in [-0.05, 0) is 30.9 Å². The minimum absolute atomic E-state index is 0.0282.